The molecule has 1 aromatic heterocycles. The van der Waals surface area contributed by atoms with E-state index in [0.29, 0.717) is 12.0 Å². The summed E-state index contributed by atoms with van der Waals surface area (Å²) in [5.74, 6) is -2.60. The molecular weight excluding hydrogens is 504 g/mol. The van der Waals surface area contributed by atoms with Crippen molar-refractivity contribution < 1.29 is 27.2 Å². The average molecular weight is 537 g/mol. The van der Waals surface area contributed by atoms with Crippen LogP contribution in [0.5, 0.6) is 0 Å². The Morgan fingerprint density at radius 3 is 2.43 bits per heavy atom. The monoisotopic (exact) mass is 536 g/mol. The summed E-state index contributed by atoms with van der Waals surface area (Å²) < 4.78 is 32.4. The molecule has 0 saturated heterocycles. The number of benzene rings is 1. The lowest BCUT2D eigenvalue weighted by Crippen LogP contribution is -2.51. The highest BCUT2D eigenvalue weighted by Gasteiger charge is 2.27. The van der Waals surface area contributed by atoms with Crippen molar-refractivity contribution in [2.75, 3.05) is 19.6 Å². The molecule has 2 rings (SSSR count). The molecule has 0 bridgehead atoms. The maximum Gasteiger partial charge on any atom is 0.265 e. The maximum absolute atomic E-state index is 12.7. The van der Waals surface area contributed by atoms with E-state index in [0.717, 1.165) is 0 Å². The van der Waals surface area contributed by atoms with E-state index in [1.807, 2.05) is 0 Å². The van der Waals surface area contributed by atoms with Crippen LogP contribution in [0.1, 0.15) is 35.5 Å². The van der Waals surface area contributed by atoms with Crippen LogP contribution in [0.2, 0.25) is 0 Å². The van der Waals surface area contributed by atoms with Crippen molar-refractivity contribution in [3.8, 4) is 0 Å². The number of carbonyl (C=O) groups is 3. The Kier molecular flexibility index (Phi) is 11.7. The van der Waals surface area contributed by atoms with Crippen molar-refractivity contribution in [3.63, 3.8) is 0 Å². The van der Waals surface area contributed by atoms with E-state index in [-0.39, 0.29) is 43.5 Å². The number of Topliss-reactive ketones (excluding diaryl/α,β-unsaturated/α-hetero) is 1. The molecular formula is C22H32N8O6S. The van der Waals surface area contributed by atoms with Crippen LogP contribution in [0.4, 0.5) is 0 Å². The van der Waals surface area contributed by atoms with Gasteiger partial charge in [0.05, 0.1) is 24.5 Å². The zero-order chi connectivity index (χ0) is 27.3. The highest BCUT2D eigenvalue weighted by Crippen LogP contribution is 2.08. The topological polar surface area (TPSA) is 238 Å². The molecule has 0 saturated carbocycles. The van der Waals surface area contributed by atoms with Gasteiger partial charge in [-0.2, -0.15) is 0 Å². The smallest absolute Gasteiger partial charge is 0.265 e. The Hall–Kier alpha value is -3.82. The molecule has 2 amide bonds. The summed E-state index contributed by atoms with van der Waals surface area (Å²) in [6.45, 7) is -0.252. The minimum absolute atomic E-state index is 0.0114. The molecule has 0 aliphatic heterocycles. The van der Waals surface area contributed by atoms with E-state index in [1.165, 1.54) is 12.5 Å². The van der Waals surface area contributed by atoms with Crippen LogP contribution in [-0.4, -0.2) is 68.7 Å². The van der Waals surface area contributed by atoms with Crippen LogP contribution in [0.3, 0.4) is 0 Å². The lowest BCUT2D eigenvalue weighted by atomic mass is 10.1. The number of oxazole rings is 1. The number of rotatable bonds is 16. The Morgan fingerprint density at radius 2 is 1.81 bits per heavy atom. The van der Waals surface area contributed by atoms with Crippen molar-refractivity contribution in [1.29, 1.82) is 0 Å². The molecule has 0 aliphatic rings. The zero-order valence-corrected chi connectivity index (χ0v) is 20.9. The van der Waals surface area contributed by atoms with Gasteiger partial charge in [0.2, 0.25) is 27.6 Å². The molecule has 2 atom stereocenters. The number of hydrogen-bond acceptors (Lipinski definition) is 9. The van der Waals surface area contributed by atoms with Gasteiger partial charge in [-0.15, -0.1) is 0 Å². The number of hydrogen-bond donors (Lipinski definition) is 6. The molecule has 202 valence electrons. The average Bonchev–Trinajstić information content (AvgIpc) is 3.39. The summed E-state index contributed by atoms with van der Waals surface area (Å²) in [5, 5.41) is 4.90. The van der Waals surface area contributed by atoms with Gasteiger partial charge in [-0.25, -0.2) is 18.1 Å². The standard InChI is InChI=1S/C22H32N8O6S/c23-9-8-17(30-37(34,35)14-15-5-2-1-3-6-15)20(33)28-13-18(31)29-16(7-4-10-27-22(24)25)19(32)21-26-11-12-36-21/h1-3,5-6,11-12,16-17,30H,4,7-10,13-14,23H2,(H,28,33)(H,29,31)(H4,24,25,27)/t16-,17+/m0/s1. The Morgan fingerprint density at radius 1 is 1.08 bits per heavy atom. The molecule has 1 heterocycles. The van der Waals surface area contributed by atoms with Gasteiger partial charge in [0.25, 0.3) is 5.89 Å². The second-order valence-electron chi connectivity index (χ2n) is 7.98. The highest BCUT2D eigenvalue weighted by atomic mass is 32.2. The summed E-state index contributed by atoms with van der Waals surface area (Å²) in [4.78, 5) is 45.5. The van der Waals surface area contributed by atoms with Crippen LogP contribution in [0, 0.1) is 0 Å². The number of amides is 2. The fraction of sp³-hybridized carbons (Fsp3) is 0.409. The molecule has 2 aromatic rings. The maximum atomic E-state index is 12.7. The van der Waals surface area contributed by atoms with E-state index in [4.69, 9.17) is 21.6 Å². The van der Waals surface area contributed by atoms with Gasteiger partial charge >= 0.3 is 0 Å². The largest absolute Gasteiger partial charge is 0.442 e. The zero-order valence-electron chi connectivity index (χ0n) is 20.1. The number of guanidine groups is 1. The van der Waals surface area contributed by atoms with Crippen LogP contribution in [0.15, 0.2) is 52.2 Å². The molecule has 0 unspecified atom stereocenters. The molecule has 15 heteroatoms. The highest BCUT2D eigenvalue weighted by molar-refractivity contribution is 7.88. The van der Waals surface area contributed by atoms with Crippen molar-refractivity contribution in [2.24, 2.45) is 22.2 Å². The lowest BCUT2D eigenvalue weighted by Gasteiger charge is -2.19. The summed E-state index contributed by atoms with van der Waals surface area (Å²) >= 11 is 0. The van der Waals surface area contributed by atoms with Gasteiger partial charge in [0.15, 0.2) is 5.96 Å². The first-order chi connectivity index (χ1) is 17.6. The minimum Gasteiger partial charge on any atom is -0.442 e. The minimum atomic E-state index is -3.87. The quantitative estimate of drug-likeness (QED) is 0.0618. The number of nitrogens with zero attached hydrogens (tertiary/aromatic N) is 2. The second kappa shape index (κ2) is 14.7. The number of aromatic nitrogens is 1. The normalized spacial score (nSPS) is 12.8. The van der Waals surface area contributed by atoms with E-state index in [1.54, 1.807) is 30.3 Å². The van der Waals surface area contributed by atoms with Gasteiger partial charge < -0.3 is 32.3 Å². The lowest BCUT2D eigenvalue weighted by molar-refractivity contribution is -0.127. The molecule has 0 fully saturated rings. The molecule has 0 radical (unpaired) electrons. The number of aliphatic imine (C=N–C) groups is 1. The predicted octanol–water partition coefficient (Wildman–Crippen LogP) is -1.65. The number of carbonyl (C=O) groups excluding carboxylic acids is 3. The molecule has 37 heavy (non-hydrogen) atoms. The SMILES string of the molecule is NCC[C@@H](NS(=O)(=O)Cc1ccccc1)C(=O)NCC(=O)N[C@@H](CCCN=C(N)N)C(=O)c1ncco1. The van der Waals surface area contributed by atoms with E-state index in [9.17, 15) is 22.8 Å². The number of sulfonamides is 1. The van der Waals surface area contributed by atoms with Gasteiger partial charge in [-0.1, -0.05) is 30.3 Å². The summed E-state index contributed by atoms with van der Waals surface area (Å²) in [6, 6.07) is 6.26. The molecule has 0 spiro atoms. The van der Waals surface area contributed by atoms with Gasteiger partial charge in [0.1, 0.15) is 12.3 Å². The second-order valence-corrected chi connectivity index (χ2v) is 9.73. The first-order valence-electron chi connectivity index (χ1n) is 11.4. The van der Waals surface area contributed by atoms with Crippen molar-refractivity contribution >= 4 is 33.6 Å². The molecule has 1 aromatic carbocycles. The summed E-state index contributed by atoms with van der Waals surface area (Å²) in [6.07, 6.45) is 3.07. The third-order valence-electron chi connectivity index (χ3n) is 4.96. The van der Waals surface area contributed by atoms with Crippen molar-refractivity contribution in [1.82, 2.24) is 20.3 Å². The van der Waals surface area contributed by atoms with E-state index in [2.05, 4.69) is 25.3 Å². The third-order valence-corrected chi connectivity index (χ3v) is 6.31. The van der Waals surface area contributed by atoms with Crippen molar-refractivity contribution in [3.05, 3.63) is 54.2 Å². The molecule has 9 N–H and O–H groups in total. The fourth-order valence-corrected chi connectivity index (χ4v) is 4.64. The molecule has 14 nitrogen and oxygen atoms in total. The Bertz CT molecular complexity index is 1150. The van der Waals surface area contributed by atoms with E-state index >= 15 is 0 Å². The first kappa shape index (κ1) is 29.4. The van der Waals surface area contributed by atoms with Gasteiger partial charge in [-0.3, -0.25) is 19.4 Å². The number of nitrogens with two attached hydrogens (primary N) is 3. The van der Waals surface area contributed by atoms with Gasteiger partial charge in [0, 0.05) is 6.54 Å². The number of ketones is 1. The third kappa shape index (κ3) is 10.8. The van der Waals surface area contributed by atoms with Crippen LogP contribution < -0.4 is 32.6 Å². The van der Waals surface area contributed by atoms with Gasteiger partial charge in [-0.05, 0) is 31.4 Å². The van der Waals surface area contributed by atoms with Crippen molar-refractivity contribution in [2.45, 2.75) is 37.1 Å². The van der Waals surface area contributed by atoms with E-state index < -0.39 is 46.2 Å². The van der Waals surface area contributed by atoms with Crippen LogP contribution >= 0.6 is 0 Å². The molecule has 0 aliphatic carbocycles. The number of nitrogens with one attached hydrogen (secondary N) is 3. The summed E-state index contributed by atoms with van der Waals surface area (Å²) in [7, 11) is -3.87. The first-order valence-corrected chi connectivity index (χ1v) is 13.1. The van der Waals surface area contributed by atoms with Crippen LogP contribution in [-0.2, 0) is 25.4 Å². The summed E-state index contributed by atoms with van der Waals surface area (Å²) in [5.41, 5.74) is 16.7. The Labute approximate surface area is 214 Å². The van der Waals surface area contributed by atoms with Crippen LogP contribution in [0.25, 0.3) is 0 Å². The Balaban J connectivity index is 1.96. The predicted molar refractivity (Wildman–Crippen MR) is 135 cm³/mol. The fourth-order valence-electron chi connectivity index (χ4n) is 3.26.